The molecular formula is C14H23N3O4. The van der Waals surface area contributed by atoms with Crippen molar-refractivity contribution in [3.05, 3.63) is 29.8 Å². The number of hydrogen-bond acceptors (Lipinski definition) is 6. The van der Waals surface area contributed by atoms with Crippen LogP contribution in [0.25, 0.3) is 0 Å². The first kappa shape index (κ1) is 17.4. The molecule has 7 nitrogen and oxygen atoms in total. The second kappa shape index (κ2) is 10.1. The number of nitrogens with zero attached hydrogens (tertiary/aromatic N) is 1. The fourth-order valence-electron chi connectivity index (χ4n) is 1.80. The average molecular weight is 297 g/mol. The number of amides is 1. The third-order valence-corrected chi connectivity index (χ3v) is 2.93. The van der Waals surface area contributed by atoms with E-state index in [-0.39, 0.29) is 12.5 Å². The Kier molecular flexibility index (Phi) is 8.37. The van der Waals surface area contributed by atoms with Gasteiger partial charge in [-0.3, -0.25) is 15.1 Å². The van der Waals surface area contributed by atoms with Crippen LogP contribution in [0.1, 0.15) is 10.4 Å². The molecule has 0 bridgehead atoms. The summed E-state index contributed by atoms with van der Waals surface area (Å²) in [6.07, 6.45) is 0. The van der Waals surface area contributed by atoms with Crippen molar-refractivity contribution in [3.63, 3.8) is 0 Å². The van der Waals surface area contributed by atoms with Crippen LogP contribution in [0.2, 0.25) is 0 Å². The van der Waals surface area contributed by atoms with Gasteiger partial charge in [0, 0.05) is 32.3 Å². The molecular weight excluding hydrogens is 274 g/mol. The third-order valence-electron chi connectivity index (χ3n) is 2.93. The van der Waals surface area contributed by atoms with Crippen molar-refractivity contribution in [2.75, 3.05) is 46.6 Å². The quantitative estimate of drug-likeness (QED) is 0.309. The summed E-state index contributed by atoms with van der Waals surface area (Å²) in [5.41, 5.74) is 2.52. The molecule has 1 amide bonds. The molecule has 0 saturated carbocycles. The van der Waals surface area contributed by atoms with E-state index in [9.17, 15) is 4.79 Å². The summed E-state index contributed by atoms with van der Waals surface area (Å²) in [6, 6.07) is 6.80. The predicted molar refractivity (Wildman–Crippen MR) is 79.0 cm³/mol. The highest BCUT2D eigenvalue weighted by molar-refractivity contribution is 5.94. The highest BCUT2D eigenvalue weighted by Gasteiger charge is 2.06. The molecule has 21 heavy (non-hydrogen) atoms. The molecule has 0 fully saturated rings. The molecule has 0 aliphatic carbocycles. The van der Waals surface area contributed by atoms with Gasteiger partial charge in [0.2, 0.25) is 0 Å². The smallest absolute Gasteiger partial charge is 0.265 e. The van der Waals surface area contributed by atoms with E-state index in [1.165, 1.54) is 0 Å². The van der Waals surface area contributed by atoms with Gasteiger partial charge in [0.15, 0.2) is 0 Å². The number of nitrogens with two attached hydrogens (primary N) is 1. The second-order valence-corrected chi connectivity index (χ2v) is 4.41. The number of carbonyl (C=O) groups is 1. The number of nitrogen functional groups attached to an aromatic ring is 1. The average Bonchev–Trinajstić information content (AvgIpc) is 2.52. The molecule has 0 atom stereocenters. The summed E-state index contributed by atoms with van der Waals surface area (Å²) in [7, 11) is 1.64. The lowest BCUT2D eigenvalue weighted by Crippen LogP contribution is -2.34. The first-order chi connectivity index (χ1) is 10.2. The van der Waals surface area contributed by atoms with E-state index >= 15 is 0 Å². The predicted octanol–water partition coefficient (Wildman–Crippen LogP) is -0.390. The van der Waals surface area contributed by atoms with Gasteiger partial charge < -0.3 is 14.6 Å². The lowest BCUT2D eigenvalue weighted by atomic mass is 10.2. The number of methoxy groups -OCH3 is 1. The van der Waals surface area contributed by atoms with E-state index in [0.29, 0.717) is 37.6 Å². The number of rotatable bonds is 10. The van der Waals surface area contributed by atoms with E-state index in [1.807, 2.05) is 4.90 Å². The summed E-state index contributed by atoms with van der Waals surface area (Å²) in [5, 5.41) is 9.00. The summed E-state index contributed by atoms with van der Waals surface area (Å²) in [6.45, 7) is 3.12. The van der Waals surface area contributed by atoms with Crippen LogP contribution in [-0.4, -0.2) is 62.5 Å². The highest BCUT2D eigenvalue weighted by atomic mass is 16.5. The molecule has 0 unspecified atom stereocenters. The Hall–Kier alpha value is -1.67. The molecule has 1 aromatic rings. The zero-order valence-electron chi connectivity index (χ0n) is 12.2. The zero-order valence-corrected chi connectivity index (χ0v) is 12.2. The van der Waals surface area contributed by atoms with Crippen molar-refractivity contribution in [3.8, 4) is 5.75 Å². The second-order valence-electron chi connectivity index (χ2n) is 4.41. The van der Waals surface area contributed by atoms with Gasteiger partial charge in [0.1, 0.15) is 12.4 Å². The molecule has 0 spiro atoms. The number of nitrogens with one attached hydrogen (secondary N) is 1. The normalized spacial score (nSPS) is 10.7. The van der Waals surface area contributed by atoms with Crippen molar-refractivity contribution in [1.29, 1.82) is 0 Å². The van der Waals surface area contributed by atoms with Crippen molar-refractivity contribution in [1.82, 2.24) is 10.3 Å². The van der Waals surface area contributed by atoms with Crippen LogP contribution in [0.4, 0.5) is 0 Å². The molecule has 1 rings (SSSR count). The first-order valence-corrected chi connectivity index (χ1v) is 6.77. The van der Waals surface area contributed by atoms with E-state index in [4.69, 9.17) is 20.4 Å². The van der Waals surface area contributed by atoms with Gasteiger partial charge in [-0.25, -0.2) is 5.84 Å². The molecule has 118 valence electrons. The van der Waals surface area contributed by atoms with Gasteiger partial charge >= 0.3 is 0 Å². The van der Waals surface area contributed by atoms with Gasteiger partial charge in [-0.15, -0.1) is 0 Å². The monoisotopic (exact) mass is 297 g/mol. The maximum Gasteiger partial charge on any atom is 0.265 e. The number of benzene rings is 1. The largest absolute Gasteiger partial charge is 0.492 e. The van der Waals surface area contributed by atoms with Gasteiger partial charge in [0.05, 0.1) is 13.2 Å². The van der Waals surface area contributed by atoms with Crippen LogP contribution in [0.15, 0.2) is 24.3 Å². The molecule has 4 N–H and O–H groups in total. The van der Waals surface area contributed by atoms with Crippen LogP contribution in [0.3, 0.4) is 0 Å². The van der Waals surface area contributed by atoms with Crippen molar-refractivity contribution in [2.24, 2.45) is 5.84 Å². The minimum Gasteiger partial charge on any atom is -0.492 e. The minimum absolute atomic E-state index is 0.0931. The number of hydrogen-bond donors (Lipinski definition) is 3. The Balaban J connectivity index is 2.44. The Bertz CT molecular complexity index is 428. The van der Waals surface area contributed by atoms with Crippen molar-refractivity contribution < 1.29 is 19.4 Å². The van der Waals surface area contributed by atoms with Crippen LogP contribution >= 0.6 is 0 Å². The van der Waals surface area contributed by atoms with Gasteiger partial charge in [-0.1, -0.05) is 6.07 Å². The number of aliphatic hydroxyl groups is 1. The standard InChI is InChI=1S/C14H23N3O4/c1-20-9-6-17(5-8-18)7-10-21-13-4-2-3-12(11-13)14(19)16-15/h2-4,11,18H,5-10,15H2,1H3,(H,16,19). The lowest BCUT2D eigenvalue weighted by molar-refractivity contribution is 0.0952. The first-order valence-electron chi connectivity index (χ1n) is 6.77. The fraction of sp³-hybridized carbons (Fsp3) is 0.500. The molecule has 7 heteroatoms. The fourth-order valence-corrected chi connectivity index (χ4v) is 1.80. The SMILES string of the molecule is COCCN(CCO)CCOc1cccc(C(=O)NN)c1. The molecule has 0 aromatic heterocycles. The minimum atomic E-state index is -0.359. The Labute approximate surface area is 124 Å². The number of carbonyl (C=O) groups excluding carboxylic acids is 1. The molecule has 0 aliphatic heterocycles. The number of hydrazine groups is 1. The third kappa shape index (κ3) is 6.54. The van der Waals surface area contributed by atoms with E-state index in [1.54, 1.807) is 31.4 Å². The highest BCUT2D eigenvalue weighted by Crippen LogP contribution is 2.13. The van der Waals surface area contributed by atoms with E-state index in [0.717, 1.165) is 6.54 Å². The Morgan fingerprint density at radius 2 is 2.10 bits per heavy atom. The Morgan fingerprint density at radius 3 is 2.76 bits per heavy atom. The maximum absolute atomic E-state index is 11.4. The summed E-state index contributed by atoms with van der Waals surface area (Å²) in [5.74, 6) is 5.34. The molecule has 0 radical (unpaired) electrons. The van der Waals surface area contributed by atoms with Crippen molar-refractivity contribution in [2.45, 2.75) is 0 Å². The van der Waals surface area contributed by atoms with Gasteiger partial charge in [-0.2, -0.15) is 0 Å². The van der Waals surface area contributed by atoms with E-state index in [2.05, 4.69) is 5.43 Å². The Morgan fingerprint density at radius 1 is 1.33 bits per heavy atom. The zero-order chi connectivity index (χ0) is 15.5. The van der Waals surface area contributed by atoms with Gasteiger partial charge in [0.25, 0.3) is 5.91 Å². The van der Waals surface area contributed by atoms with Crippen LogP contribution in [0.5, 0.6) is 5.75 Å². The van der Waals surface area contributed by atoms with Crippen LogP contribution in [0, 0.1) is 0 Å². The molecule has 0 heterocycles. The maximum atomic E-state index is 11.4. The van der Waals surface area contributed by atoms with Crippen LogP contribution in [-0.2, 0) is 4.74 Å². The number of aliphatic hydroxyl groups excluding tert-OH is 1. The molecule has 1 aromatic carbocycles. The molecule has 0 aliphatic rings. The number of ether oxygens (including phenoxy) is 2. The van der Waals surface area contributed by atoms with Crippen molar-refractivity contribution >= 4 is 5.91 Å². The van der Waals surface area contributed by atoms with Crippen LogP contribution < -0.4 is 16.0 Å². The summed E-state index contributed by atoms with van der Waals surface area (Å²) < 4.78 is 10.6. The van der Waals surface area contributed by atoms with Gasteiger partial charge in [-0.05, 0) is 18.2 Å². The lowest BCUT2D eigenvalue weighted by Gasteiger charge is -2.20. The summed E-state index contributed by atoms with van der Waals surface area (Å²) in [4.78, 5) is 13.5. The summed E-state index contributed by atoms with van der Waals surface area (Å²) >= 11 is 0. The van der Waals surface area contributed by atoms with E-state index < -0.39 is 0 Å². The topological polar surface area (TPSA) is 97.0 Å². The molecule has 0 saturated heterocycles.